The van der Waals surface area contributed by atoms with Gasteiger partial charge in [0.25, 0.3) is 5.91 Å². The fraction of sp³-hybridized carbons (Fsp3) is 0.269. The summed E-state index contributed by atoms with van der Waals surface area (Å²) in [6, 6.07) is 11.8. The molecule has 176 valence electrons. The van der Waals surface area contributed by atoms with Crippen molar-refractivity contribution in [2.45, 2.75) is 26.8 Å². The van der Waals surface area contributed by atoms with Crippen molar-refractivity contribution in [2.75, 3.05) is 20.7 Å². The first-order valence-corrected chi connectivity index (χ1v) is 11.8. The molecule has 0 bridgehead atoms. The maximum atomic E-state index is 13.6. The van der Waals surface area contributed by atoms with Crippen LogP contribution >= 0.6 is 11.3 Å². The van der Waals surface area contributed by atoms with Crippen LogP contribution in [0.2, 0.25) is 0 Å². The molecule has 2 amide bonds. The third-order valence-electron chi connectivity index (χ3n) is 5.73. The summed E-state index contributed by atoms with van der Waals surface area (Å²) in [7, 11) is 3.21. The third kappa shape index (κ3) is 4.97. The summed E-state index contributed by atoms with van der Waals surface area (Å²) in [5.74, 6) is 1.94. The van der Waals surface area contributed by atoms with Gasteiger partial charge in [0.15, 0.2) is 0 Å². The largest absolute Gasteiger partial charge is 0.495 e. The molecule has 8 heteroatoms. The van der Waals surface area contributed by atoms with E-state index in [1.165, 1.54) is 11.3 Å². The molecule has 0 saturated carbocycles. The van der Waals surface area contributed by atoms with Gasteiger partial charge in [-0.15, -0.1) is 11.3 Å². The molecule has 0 saturated heterocycles. The van der Waals surface area contributed by atoms with Crippen molar-refractivity contribution in [2.24, 2.45) is 0 Å². The number of benzene rings is 1. The first-order valence-electron chi connectivity index (χ1n) is 11.0. The monoisotopic (exact) mass is 477 g/mol. The Hall–Kier alpha value is -3.65. The molecule has 1 N–H and O–H groups in total. The zero-order valence-corrected chi connectivity index (χ0v) is 20.5. The quantitative estimate of drug-likeness (QED) is 0.388. The number of hydrogen-bond acceptors (Lipinski definition) is 6. The Labute approximate surface area is 202 Å². The van der Waals surface area contributed by atoms with Crippen LogP contribution in [0, 0.1) is 13.8 Å². The fourth-order valence-electron chi connectivity index (χ4n) is 3.81. The smallest absolute Gasteiger partial charge is 0.264 e. The van der Waals surface area contributed by atoms with Crippen molar-refractivity contribution in [1.82, 2.24) is 15.2 Å². The van der Waals surface area contributed by atoms with Crippen molar-refractivity contribution < 1.29 is 18.7 Å². The van der Waals surface area contributed by atoms with Gasteiger partial charge in [0.05, 0.1) is 24.7 Å². The highest BCUT2D eigenvalue weighted by molar-refractivity contribution is 7.21. The Morgan fingerprint density at radius 3 is 2.65 bits per heavy atom. The molecule has 0 spiro atoms. The van der Waals surface area contributed by atoms with E-state index in [2.05, 4.69) is 16.4 Å². The molecular formula is C26H27N3O4S. The molecule has 0 fully saturated rings. The van der Waals surface area contributed by atoms with E-state index in [-0.39, 0.29) is 18.2 Å². The predicted molar refractivity (Wildman–Crippen MR) is 133 cm³/mol. The molecule has 0 aliphatic carbocycles. The lowest BCUT2D eigenvalue weighted by atomic mass is 10.0. The minimum atomic E-state index is -0.113. The highest BCUT2D eigenvalue weighted by atomic mass is 32.1. The van der Waals surface area contributed by atoms with Gasteiger partial charge >= 0.3 is 0 Å². The number of nitrogens with zero attached hydrogens (tertiary/aromatic N) is 2. The Balaban J connectivity index is 1.67. The van der Waals surface area contributed by atoms with Crippen LogP contribution in [0.4, 0.5) is 0 Å². The van der Waals surface area contributed by atoms with Crippen molar-refractivity contribution in [1.29, 1.82) is 0 Å². The van der Waals surface area contributed by atoms with Gasteiger partial charge < -0.3 is 19.4 Å². The Morgan fingerprint density at radius 1 is 1.12 bits per heavy atom. The average molecular weight is 478 g/mol. The Bertz CT molecular complexity index is 1340. The normalized spacial score (nSPS) is 10.9. The lowest BCUT2D eigenvalue weighted by molar-refractivity contribution is -0.120. The number of furan rings is 1. The molecule has 0 unspecified atom stereocenters. The molecule has 34 heavy (non-hydrogen) atoms. The van der Waals surface area contributed by atoms with Crippen LogP contribution in [0.25, 0.3) is 21.2 Å². The van der Waals surface area contributed by atoms with Gasteiger partial charge in [0.1, 0.15) is 17.3 Å². The average Bonchev–Trinajstić information content (AvgIpc) is 3.42. The first kappa shape index (κ1) is 23.5. The topological polar surface area (TPSA) is 84.7 Å². The highest BCUT2D eigenvalue weighted by Gasteiger charge is 2.23. The predicted octanol–water partition coefficient (Wildman–Crippen LogP) is 4.96. The van der Waals surface area contributed by atoms with Crippen LogP contribution in [0.5, 0.6) is 5.75 Å². The number of ether oxygens (including phenoxy) is 1. The van der Waals surface area contributed by atoms with Gasteiger partial charge in [0, 0.05) is 36.5 Å². The lowest BCUT2D eigenvalue weighted by Gasteiger charge is -2.21. The zero-order valence-electron chi connectivity index (χ0n) is 19.7. The fourth-order valence-corrected chi connectivity index (χ4v) is 4.97. The van der Waals surface area contributed by atoms with E-state index < -0.39 is 0 Å². The number of methoxy groups -OCH3 is 1. The van der Waals surface area contributed by atoms with Crippen LogP contribution in [-0.4, -0.2) is 42.4 Å². The third-order valence-corrected chi connectivity index (χ3v) is 6.99. The molecule has 0 radical (unpaired) electrons. The number of pyridine rings is 1. The SMILES string of the molecule is CNC(=O)CCN(Cc1ccc(C)o1)C(=O)c1sc2ccc(-c3cncc(OC)c3)cc2c1C. The van der Waals surface area contributed by atoms with E-state index in [9.17, 15) is 9.59 Å². The molecular weight excluding hydrogens is 450 g/mol. The summed E-state index contributed by atoms with van der Waals surface area (Å²) in [6.45, 7) is 4.43. The van der Waals surface area contributed by atoms with E-state index in [1.54, 1.807) is 31.5 Å². The van der Waals surface area contributed by atoms with Gasteiger partial charge in [-0.3, -0.25) is 14.6 Å². The van der Waals surface area contributed by atoms with Crippen molar-refractivity contribution in [3.05, 3.63) is 70.8 Å². The van der Waals surface area contributed by atoms with Crippen LogP contribution in [0.3, 0.4) is 0 Å². The molecule has 3 heterocycles. The minimum Gasteiger partial charge on any atom is -0.495 e. The maximum Gasteiger partial charge on any atom is 0.264 e. The van der Waals surface area contributed by atoms with Gasteiger partial charge in [-0.25, -0.2) is 0 Å². The van der Waals surface area contributed by atoms with Gasteiger partial charge in [-0.2, -0.15) is 0 Å². The van der Waals surface area contributed by atoms with Gasteiger partial charge in [-0.05, 0) is 60.7 Å². The summed E-state index contributed by atoms with van der Waals surface area (Å²) < 4.78 is 12.0. The number of nitrogens with one attached hydrogen (secondary N) is 1. The number of aryl methyl sites for hydroxylation is 2. The second-order valence-electron chi connectivity index (χ2n) is 8.04. The number of fused-ring (bicyclic) bond motifs is 1. The molecule has 0 aliphatic rings. The van der Waals surface area contributed by atoms with Crippen LogP contribution < -0.4 is 10.1 Å². The van der Waals surface area contributed by atoms with Gasteiger partial charge in [-0.1, -0.05) is 6.07 Å². The number of carbonyl (C=O) groups excluding carboxylic acids is 2. The van der Waals surface area contributed by atoms with E-state index >= 15 is 0 Å². The Kier molecular flexibility index (Phi) is 6.98. The minimum absolute atomic E-state index is 0.110. The number of amides is 2. The zero-order chi connectivity index (χ0) is 24.2. The number of thiophene rings is 1. The van der Waals surface area contributed by atoms with Crippen LogP contribution in [0.1, 0.15) is 33.2 Å². The first-order chi connectivity index (χ1) is 16.4. The van der Waals surface area contributed by atoms with E-state index in [0.29, 0.717) is 29.5 Å². The summed E-state index contributed by atoms with van der Waals surface area (Å²) >= 11 is 1.46. The molecule has 4 aromatic rings. The Morgan fingerprint density at radius 2 is 1.94 bits per heavy atom. The standard InChI is InChI=1S/C26H27N3O4S/c1-16-5-7-20(33-16)15-29(10-9-24(30)27-3)26(31)25-17(2)22-12-18(6-8-23(22)34-25)19-11-21(32-4)14-28-13-19/h5-8,11-14H,9-10,15H2,1-4H3,(H,27,30). The lowest BCUT2D eigenvalue weighted by Crippen LogP contribution is -2.34. The van der Waals surface area contributed by atoms with Gasteiger partial charge in [0.2, 0.25) is 5.91 Å². The maximum absolute atomic E-state index is 13.6. The molecule has 0 atom stereocenters. The second kappa shape index (κ2) is 10.1. The number of carbonyl (C=O) groups is 2. The van der Waals surface area contributed by atoms with Crippen molar-refractivity contribution in [3.8, 4) is 16.9 Å². The summed E-state index contributed by atoms with van der Waals surface area (Å²) in [5, 5.41) is 3.64. The second-order valence-corrected chi connectivity index (χ2v) is 9.10. The van der Waals surface area contributed by atoms with E-state index in [4.69, 9.17) is 9.15 Å². The number of rotatable bonds is 8. The van der Waals surface area contributed by atoms with E-state index in [0.717, 1.165) is 32.5 Å². The van der Waals surface area contributed by atoms with E-state index in [1.807, 2.05) is 44.2 Å². The molecule has 0 aliphatic heterocycles. The summed E-state index contributed by atoms with van der Waals surface area (Å²) in [4.78, 5) is 32.1. The molecule has 4 rings (SSSR count). The van der Waals surface area contributed by atoms with Crippen molar-refractivity contribution in [3.63, 3.8) is 0 Å². The summed E-state index contributed by atoms with van der Waals surface area (Å²) in [5.41, 5.74) is 2.87. The molecule has 1 aromatic carbocycles. The number of aromatic nitrogens is 1. The molecule has 3 aromatic heterocycles. The molecule has 7 nitrogen and oxygen atoms in total. The number of hydrogen-bond donors (Lipinski definition) is 1. The van der Waals surface area contributed by atoms with Crippen molar-refractivity contribution >= 4 is 33.2 Å². The van der Waals surface area contributed by atoms with Crippen LogP contribution in [-0.2, 0) is 11.3 Å². The summed E-state index contributed by atoms with van der Waals surface area (Å²) in [6.07, 6.45) is 3.69. The van der Waals surface area contributed by atoms with Crippen LogP contribution in [0.15, 0.2) is 53.2 Å². The highest BCUT2D eigenvalue weighted by Crippen LogP contribution is 2.35.